The molecule has 0 saturated heterocycles. The Balaban J connectivity index is 2.72. The van der Waals surface area contributed by atoms with Crippen LogP contribution in [0.25, 0.3) is 0 Å². The highest BCUT2D eigenvalue weighted by Gasteiger charge is 1.78. The van der Waals surface area contributed by atoms with Crippen molar-refractivity contribution in [2.45, 2.75) is 20.3 Å². The molecule has 0 spiro atoms. The van der Waals surface area contributed by atoms with E-state index < -0.39 is 0 Å². The van der Waals surface area contributed by atoms with Gasteiger partial charge in [-0.1, -0.05) is 19.1 Å². The second-order valence-electron chi connectivity index (χ2n) is 1.64. The number of hydrogen-bond donors (Lipinski definition) is 0. The summed E-state index contributed by atoms with van der Waals surface area (Å²) >= 11 is 1.99. The summed E-state index contributed by atoms with van der Waals surface area (Å²) in [5, 5.41) is 0. The summed E-state index contributed by atoms with van der Waals surface area (Å²) < 4.78 is 0. The van der Waals surface area contributed by atoms with Crippen LogP contribution in [0.3, 0.4) is 0 Å². The van der Waals surface area contributed by atoms with Gasteiger partial charge in [0.25, 0.3) is 0 Å². The molecule has 0 bridgehead atoms. The minimum atomic E-state index is 1.18. The molecule has 8 heavy (non-hydrogen) atoms. The molecule has 0 N–H and O–H groups in total. The van der Waals surface area contributed by atoms with Gasteiger partial charge in [0.15, 0.2) is 0 Å². The van der Waals surface area contributed by atoms with E-state index in [0.717, 1.165) is 0 Å². The van der Waals surface area contributed by atoms with Gasteiger partial charge in [-0.25, -0.2) is 0 Å². The van der Waals surface area contributed by atoms with Crippen molar-refractivity contribution >= 4 is 11.8 Å². The van der Waals surface area contributed by atoms with Crippen LogP contribution in [0.1, 0.15) is 20.3 Å². The third-order valence-corrected chi connectivity index (χ3v) is 1.92. The number of thioether (sulfide) groups is 1. The predicted molar refractivity (Wildman–Crippen MR) is 42.4 cm³/mol. The third kappa shape index (κ3) is 6.09. The van der Waals surface area contributed by atoms with Crippen LogP contribution in [-0.4, -0.2) is 11.5 Å². The Morgan fingerprint density at radius 1 is 1.50 bits per heavy atom. The molecule has 0 aromatic carbocycles. The van der Waals surface area contributed by atoms with Crippen LogP contribution in [0.15, 0.2) is 12.2 Å². The summed E-state index contributed by atoms with van der Waals surface area (Å²) in [6, 6.07) is 0. The maximum atomic E-state index is 2.21. The smallest absolute Gasteiger partial charge is 0.0113 e. The molecule has 0 heterocycles. The van der Waals surface area contributed by atoms with Gasteiger partial charge in [0, 0.05) is 5.75 Å². The van der Waals surface area contributed by atoms with Gasteiger partial charge in [0.05, 0.1) is 0 Å². The fourth-order valence-corrected chi connectivity index (χ4v) is 1.18. The highest BCUT2D eigenvalue weighted by atomic mass is 32.2. The van der Waals surface area contributed by atoms with Crippen molar-refractivity contribution in [3.63, 3.8) is 0 Å². The van der Waals surface area contributed by atoms with Crippen molar-refractivity contribution in [3.8, 4) is 0 Å². The molecule has 0 aromatic heterocycles. The predicted octanol–water partition coefficient (Wildman–Crippen LogP) is 2.71. The van der Waals surface area contributed by atoms with E-state index in [1.807, 2.05) is 11.8 Å². The Morgan fingerprint density at radius 3 is 2.75 bits per heavy atom. The van der Waals surface area contributed by atoms with E-state index in [2.05, 4.69) is 26.0 Å². The molecule has 0 aliphatic carbocycles. The summed E-state index contributed by atoms with van der Waals surface area (Å²) in [6.45, 7) is 4.27. The summed E-state index contributed by atoms with van der Waals surface area (Å²) in [4.78, 5) is 0. The second kappa shape index (κ2) is 7.09. The average molecular weight is 130 g/mol. The fourth-order valence-electron chi connectivity index (χ4n) is 0.392. The third-order valence-electron chi connectivity index (χ3n) is 0.798. The maximum Gasteiger partial charge on any atom is 0.0113 e. The maximum absolute atomic E-state index is 2.21. The van der Waals surface area contributed by atoms with Gasteiger partial charge in [-0.3, -0.25) is 0 Å². The molecule has 0 aromatic rings. The van der Waals surface area contributed by atoms with Crippen LogP contribution in [0, 0.1) is 0 Å². The van der Waals surface area contributed by atoms with Crippen molar-refractivity contribution in [3.05, 3.63) is 12.2 Å². The zero-order valence-electron chi connectivity index (χ0n) is 5.68. The number of allylic oxidation sites excluding steroid dienone is 1. The molecule has 0 atom stereocenters. The van der Waals surface area contributed by atoms with E-state index in [4.69, 9.17) is 0 Å². The first-order valence-electron chi connectivity index (χ1n) is 3.10. The quantitative estimate of drug-likeness (QED) is 0.416. The lowest BCUT2D eigenvalue weighted by atomic mass is 10.6. The van der Waals surface area contributed by atoms with Crippen LogP contribution in [0.2, 0.25) is 0 Å². The van der Waals surface area contributed by atoms with Crippen LogP contribution < -0.4 is 0 Å². The first-order chi connectivity index (χ1) is 3.91. The zero-order valence-corrected chi connectivity index (χ0v) is 6.50. The Hall–Kier alpha value is 0.0900. The van der Waals surface area contributed by atoms with Crippen LogP contribution in [0.5, 0.6) is 0 Å². The Morgan fingerprint density at radius 2 is 2.25 bits per heavy atom. The first kappa shape index (κ1) is 8.09. The molecule has 0 amide bonds. The molecule has 1 heteroatoms. The average Bonchev–Trinajstić information content (AvgIpc) is 1.81. The van der Waals surface area contributed by atoms with Crippen molar-refractivity contribution in [1.29, 1.82) is 0 Å². The van der Waals surface area contributed by atoms with Gasteiger partial charge in [0.1, 0.15) is 0 Å². The lowest BCUT2D eigenvalue weighted by Crippen LogP contribution is -1.74. The lowest BCUT2D eigenvalue weighted by Gasteiger charge is -1.89. The standard InChI is InChI=1S/C7H14S/c1-3-5-7-8-6-4-2/h3,5H,4,6-7H2,1-2H3/b5-3-. The summed E-state index contributed by atoms with van der Waals surface area (Å²) in [5.41, 5.74) is 0. The molecule has 0 radical (unpaired) electrons. The van der Waals surface area contributed by atoms with Gasteiger partial charge >= 0.3 is 0 Å². The van der Waals surface area contributed by atoms with Crippen LogP contribution in [0.4, 0.5) is 0 Å². The second-order valence-corrected chi connectivity index (χ2v) is 2.79. The molecular formula is C7H14S. The van der Waals surface area contributed by atoms with E-state index >= 15 is 0 Å². The zero-order chi connectivity index (χ0) is 6.24. The van der Waals surface area contributed by atoms with Gasteiger partial charge in [0.2, 0.25) is 0 Å². The minimum absolute atomic E-state index is 1.18. The molecular weight excluding hydrogens is 116 g/mol. The Bertz CT molecular complexity index is 57.4. The Kier molecular flexibility index (Phi) is 7.17. The first-order valence-corrected chi connectivity index (χ1v) is 4.26. The molecule has 0 unspecified atom stereocenters. The van der Waals surface area contributed by atoms with Crippen molar-refractivity contribution in [2.24, 2.45) is 0 Å². The summed E-state index contributed by atoms with van der Waals surface area (Å²) in [6.07, 6.45) is 5.59. The van der Waals surface area contributed by atoms with E-state index in [9.17, 15) is 0 Å². The van der Waals surface area contributed by atoms with Crippen molar-refractivity contribution in [1.82, 2.24) is 0 Å². The summed E-state index contributed by atoms with van der Waals surface area (Å²) in [7, 11) is 0. The molecule has 0 aliphatic rings. The molecule has 0 nitrogen and oxygen atoms in total. The van der Waals surface area contributed by atoms with Gasteiger partial charge in [-0.05, 0) is 19.1 Å². The van der Waals surface area contributed by atoms with E-state index in [-0.39, 0.29) is 0 Å². The Labute approximate surface area is 56.4 Å². The monoisotopic (exact) mass is 130 g/mol. The van der Waals surface area contributed by atoms with Gasteiger partial charge < -0.3 is 0 Å². The number of hydrogen-bond acceptors (Lipinski definition) is 1. The minimum Gasteiger partial charge on any atom is -0.158 e. The highest BCUT2D eigenvalue weighted by Crippen LogP contribution is 2.00. The molecule has 0 rings (SSSR count). The molecule has 0 fully saturated rings. The molecule has 0 saturated carbocycles. The van der Waals surface area contributed by atoms with E-state index in [1.54, 1.807) is 0 Å². The highest BCUT2D eigenvalue weighted by molar-refractivity contribution is 7.99. The molecule has 48 valence electrons. The van der Waals surface area contributed by atoms with Gasteiger partial charge in [-0.15, -0.1) is 0 Å². The van der Waals surface area contributed by atoms with Crippen molar-refractivity contribution in [2.75, 3.05) is 11.5 Å². The fraction of sp³-hybridized carbons (Fsp3) is 0.714. The topological polar surface area (TPSA) is 0 Å². The van der Waals surface area contributed by atoms with E-state index in [0.29, 0.717) is 0 Å². The lowest BCUT2D eigenvalue weighted by molar-refractivity contribution is 1.11. The van der Waals surface area contributed by atoms with Crippen LogP contribution >= 0.6 is 11.8 Å². The SMILES string of the molecule is C/C=C\CSCCC. The summed E-state index contributed by atoms with van der Waals surface area (Å²) in [5.74, 6) is 2.48. The van der Waals surface area contributed by atoms with Gasteiger partial charge in [-0.2, -0.15) is 11.8 Å². The molecule has 0 aliphatic heterocycles. The number of rotatable bonds is 4. The van der Waals surface area contributed by atoms with E-state index in [1.165, 1.54) is 17.9 Å². The normalized spacial score (nSPS) is 10.8. The van der Waals surface area contributed by atoms with Crippen LogP contribution in [-0.2, 0) is 0 Å². The van der Waals surface area contributed by atoms with Crippen molar-refractivity contribution < 1.29 is 0 Å². The largest absolute Gasteiger partial charge is 0.158 e.